The van der Waals surface area contributed by atoms with E-state index in [-0.39, 0.29) is 15.9 Å². The Kier molecular flexibility index (Phi) is 5.10. The zero-order chi connectivity index (χ0) is 18.1. The molecule has 0 saturated carbocycles. The number of thiocarbonyl (C=S) groups is 1. The SMILES string of the molecule is O=C1/C(=C/c2c(Cl)cccc2Cl)SC(=S)N1c1cccc([N+](=O)[O-])c1. The third kappa shape index (κ3) is 3.55. The lowest BCUT2D eigenvalue weighted by atomic mass is 10.2. The van der Waals surface area contributed by atoms with E-state index in [9.17, 15) is 14.9 Å². The minimum atomic E-state index is -0.527. The Morgan fingerprint density at radius 1 is 1.16 bits per heavy atom. The smallest absolute Gasteiger partial charge is 0.268 e. The fourth-order valence-corrected chi connectivity index (χ4v) is 4.00. The van der Waals surface area contributed by atoms with Crippen molar-refractivity contribution in [3.8, 4) is 0 Å². The van der Waals surface area contributed by atoms with Gasteiger partial charge in [0.1, 0.15) is 0 Å². The van der Waals surface area contributed by atoms with E-state index in [1.807, 2.05) is 0 Å². The topological polar surface area (TPSA) is 63.5 Å². The molecule has 0 radical (unpaired) electrons. The second-order valence-corrected chi connectivity index (χ2v) is 7.42. The van der Waals surface area contributed by atoms with Crippen molar-refractivity contribution < 1.29 is 9.72 Å². The van der Waals surface area contributed by atoms with Gasteiger partial charge in [-0.2, -0.15) is 0 Å². The van der Waals surface area contributed by atoms with Crippen LogP contribution in [0.4, 0.5) is 11.4 Å². The molecule has 9 heteroatoms. The van der Waals surface area contributed by atoms with Gasteiger partial charge in [-0.1, -0.05) is 59.3 Å². The van der Waals surface area contributed by atoms with E-state index in [2.05, 4.69) is 0 Å². The number of halogens is 2. The predicted molar refractivity (Wildman–Crippen MR) is 105 cm³/mol. The van der Waals surface area contributed by atoms with Gasteiger partial charge >= 0.3 is 0 Å². The number of anilines is 1. The van der Waals surface area contributed by atoms with E-state index in [0.29, 0.717) is 26.2 Å². The fourth-order valence-electron chi connectivity index (χ4n) is 2.22. The van der Waals surface area contributed by atoms with Crippen LogP contribution in [0.1, 0.15) is 5.56 Å². The monoisotopic (exact) mass is 410 g/mol. The molecule has 1 aliphatic rings. The van der Waals surface area contributed by atoms with Crippen LogP contribution in [-0.2, 0) is 4.79 Å². The first-order valence-corrected chi connectivity index (χ1v) is 8.83. The first kappa shape index (κ1) is 17.9. The van der Waals surface area contributed by atoms with Crippen molar-refractivity contribution in [2.45, 2.75) is 0 Å². The van der Waals surface area contributed by atoms with E-state index in [4.69, 9.17) is 35.4 Å². The van der Waals surface area contributed by atoms with E-state index in [1.54, 1.807) is 30.3 Å². The first-order valence-electron chi connectivity index (χ1n) is 6.85. The molecule has 1 fully saturated rings. The number of nitro benzene ring substituents is 1. The highest BCUT2D eigenvalue weighted by molar-refractivity contribution is 8.27. The van der Waals surface area contributed by atoms with Crippen molar-refractivity contribution in [1.29, 1.82) is 0 Å². The second kappa shape index (κ2) is 7.13. The highest BCUT2D eigenvalue weighted by atomic mass is 35.5. The van der Waals surface area contributed by atoms with Gasteiger partial charge < -0.3 is 0 Å². The summed E-state index contributed by atoms with van der Waals surface area (Å²) >= 11 is 18.6. The van der Waals surface area contributed by atoms with Crippen LogP contribution in [0.2, 0.25) is 10.0 Å². The number of nitrogens with zero attached hydrogens (tertiary/aromatic N) is 2. The Labute approximate surface area is 162 Å². The molecule has 0 bridgehead atoms. The van der Waals surface area contributed by atoms with Crippen molar-refractivity contribution in [3.63, 3.8) is 0 Å². The van der Waals surface area contributed by atoms with Crippen molar-refractivity contribution in [1.82, 2.24) is 0 Å². The molecule has 2 aromatic carbocycles. The molecule has 5 nitrogen and oxygen atoms in total. The van der Waals surface area contributed by atoms with Crippen LogP contribution in [0.5, 0.6) is 0 Å². The molecule has 1 aliphatic heterocycles. The average molecular weight is 411 g/mol. The third-order valence-corrected chi connectivity index (χ3v) is 5.33. The summed E-state index contributed by atoms with van der Waals surface area (Å²) in [6.45, 7) is 0. The standard InChI is InChI=1S/C16H8Cl2N2O3S2/c17-12-5-2-6-13(18)11(12)8-14-15(21)19(16(24)25-14)9-3-1-4-10(7-9)20(22)23/h1-8H/b14-8-. The van der Waals surface area contributed by atoms with Gasteiger partial charge in [-0.05, 0) is 24.3 Å². The van der Waals surface area contributed by atoms with E-state index in [0.717, 1.165) is 11.8 Å². The molecule has 0 atom stereocenters. The molecule has 25 heavy (non-hydrogen) atoms. The van der Waals surface area contributed by atoms with Crippen LogP contribution in [0.15, 0.2) is 47.4 Å². The summed E-state index contributed by atoms with van der Waals surface area (Å²) in [6.07, 6.45) is 1.57. The number of carbonyl (C=O) groups excluding carboxylic acids is 1. The maximum atomic E-state index is 12.7. The van der Waals surface area contributed by atoms with Crippen molar-refractivity contribution >= 4 is 74.9 Å². The third-order valence-electron chi connectivity index (χ3n) is 3.37. The number of nitro groups is 1. The molecular weight excluding hydrogens is 403 g/mol. The predicted octanol–water partition coefficient (Wildman–Crippen LogP) is 5.31. The number of thioether (sulfide) groups is 1. The number of carbonyl (C=O) groups is 1. The zero-order valence-electron chi connectivity index (χ0n) is 12.3. The first-order chi connectivity index (χ1) is 11.9. The van der Waals surface area contributed by atoms with Crippen LogP contribution in [0, 0.1) is 10.1 Å². The molecule has 126 valence electrons. The largest absolute Gasteiger partial charge is 0.271 e. The molecule has 0 aliphatic carbocycles. The molecule has 3 rings (SSSR count). The van der Waals surface area contributed by atoms with Gasteiger partial charge in [-0.3, -0.25) is 19.8 Å². The Morgan fingerprint density at radius 2 is 1.80 bits per heavy atom. The van der Waals surface area contributed by atoms with Crippen LogP contribution in [0.3, 0.4) is 0 Å². The highest BCUT2D eigenvalue weighted by Gasteiger charge is 2.34. The molecular formula is C16H8Cl2N2O3S2. The molecule has 1 heterocycles. The fraction of sp³-hybridized carbons (Fsp3) is 0. The van der Waals surface area contributed by atoms with Gasteiger partial charge in [-0.25, -0.2) is 0 Å². The Hall–Kier alpha value is -1.93. The summed E-state index contributed by atoms with van der Waals surface area (Å²) in [5, 5.41) is 11.8. The molecule has 0 N–H and O–H groups in total. The van der Waals surface area contributed by atoms with Crippen LogP contribution in [-0.4, -0.2) is 15.2 Å². The summed E-state index contributed by atoms with van der Waals surface area (Å²) in [5.74, 6) is -0.383. The van der Waals surface area contributed by atoms with Crippen molar-refractivity contribution in [2.75, 3.05) is 4.90 Å². The average Bonchev–Trinajstić information content (AvgIpc) is 2.85. The van der Waals surface area contributed by atoms with Crippen LogP contribution in [0.25, 0.3) is 6.08 Å². The Balaban J connectivity index is 2.00. The quantitative estimate of drug-likeness (QED) is 0.297. The summed E-state index contributed by atoms with van der Waals surface area (Å²) in [7, 11) is 0. The summed E-state index contributed by atoms with van der Waals surface area (Å²) in [6, 6.07) is 10.8. The van der Waals surface area contributed by atoms with E-state index < -0.39 is 4.92 Å². The van der Waals surface area contributed by atoms with Gasteiger partial charge in [0, 0.05) is 27.7 Å². The zero-order valence-corrected chi connectivity index (χ0v) is 15.5. The highest BCUT2D eigenvalue weighted by Crippen LogP contribution is 2.38. The summed E-state index contributed by atoms with van der Waals surface area (Å²) < 4.78 is 0.278. The molecule has 0 aromatic heterocycles. The van der Waals surface area contributed by atoms with Crippen LogP contribution >= 0.6 is 47.2 Å². The number of hydrogen-bond donors (Lipinski definition) is 0. The Bertz CT molecular complexity index is 926. The summed E-state index contributed by atoms with van der Waals surface area (Å²) in [4.78, 5) is 24.7. The normalized spacial score (nSPS) is 15.9. The molecule has 1 saturated heterocycles. The summed E-state index contributed by atoms with van der Waals surface area (Å²) in [5.41, 5.74) is 0.736. The van der Waals surface area contributed by atoms with Crippen molar-refractivity contribution in [2.24, 2.45) is 0 Å². The Morgan fingerprint density at radius 3 is 2.44 bits per heavy atom. The van der Waals surface area contributed by atoms with Gasteiger partial charge in [0.15, 0.2) is 4.32 Å². The van der Waals surface area contributed by atoms with Crippen LogP contribution < -0.4 is 4.90 Å². The van der Waals surface area contributed by atoms with E-state index in [1.165, 1.54) is 23.1 Å². The molecule has 0 spiro atoms. The number of rotatable bonds is 3. The van der Waals surface area contributed by atoms with Crippen molar-refractivity contribution in [3.05, 3.63) is 73.1 Å². The van der Waals surface area contributed by atoms with Gasteiger partial charge in [0.05, 0.1) is 15.5 Å². The van der Waals surface area contributed by atoms with Gasteiger partial charge in [0.2, 0.25) is 0 Å². The number of amides is 1. The van der Waals surface area contributed by atoms with Gasteiger partial charge in [0.25, 0.3) is 11.6 Å². The molecule has 1 amide bonds. The number of hydrogen-bond acceptors (Lipinski definition) is 5. The maximum Gasteiger partial charge on any atom is 0.271 e. The lowest BCUT2D eigenvalue weighted by molar-refractivity contribution is -0.384. The molecule has 2 aromatic rings. The number of benzene rings is 2. The number of non-ortho nitro benzene ring substituents is 1. The second-order valence-electron chi connectivity index (χ2n) is 4.93. The minimum Gasteiger partial charge on any atom is -0.268 e. The molecule has 0 unspecified atom stereocenters. The lowest BCUT2D eigenvalue weighted by Crippen LogP contribution is -2.27. The maximum absolute atomic E-state index is 12.7. The lowest BCUT2D eigenvalue weighted by Gasteiger charge is -2.14. The van der Waals surface area contributed by atoms with E-state index >= 15 is 0 Å². The minimum absolute atomic E-state index is 0.121. The van der Waals surface area contributed by atoms with Gasteiger partial charge in [-0.15, -0.1) is 0 Å².